The van der Waals surface area contributed by atoms with Gasteiger partial charge in [-0.15, -0.1) is 0 Å². The Kier molecular flexibility index (Phi) is 1.36. The van der Waals surface area contributed by atoms with Gasteiger partial charge in [0, 0.05) is 5.41 Å². The summed E-state index contributed by atoms with van der Waals surface area (Å²) in [6.45, 7) is 0. The first-order valence-electron chi connectivity index (χ1n) is 4.68. The van der Waals surface area contributed by atoms with E-state index in [1.165, 1.54) is 32.1 Å². The summed E-state index contributed by atoms with van der Waals surface area (Å²) in [6, 6.07) is 0. The highest BCUT2D eigenvalue weighted by atomic mass is 79.9. The molecule has 0 nitrogen and oxygen atoms in total. The van der Waals surface area contributed by atoms with Crippen molar-refractivity contribution in [1.82, 2.24) is 0 Å². The predicted molar refractivity (Wildman–Crippen MR) is 57.7 cm³/mol. The predicted octanol–water partition coefficient (Wildman–Crippen LogP) is 3.99. The summed E-state index contributed by atoms with van der Waals surface area (Å²) >= 11 is 7.53. The van der Waals surface area contributed by atoms with E-state index in [4.69, 9.17) is 0 Å². The van der Waals surface area contributed by atoms with Gasteiger partial charge in [0.05, 0.1) is 3.23 Å². The molecule has 0 aromatic carbocycles. The lowest BCUT2D eigenvalue weighted by molar-refractivity contribution is 0.472. The summed E-state index contributed by atoms with van der Waals surface area (Å²) in [5, 5.41) is 0. The first-order chi connectivity index (χ1) is 5.62. The summed E-state index contributed by atoms with van der Waals surface area (Å²) in [5.41, 5.74) is 1.20. The molecule has 0 heterocycles. The molecular weight excluding hydrogens is 280 g/mol. The van der Waals surface area contributed by atoms with Gasteiger partial charge in [-0.2, -0.15) is 0 Å². The molecule has 2 unspecified atom stereocenters. The van der Waals surface area contributed by atoms with E-state index in [1.54, 1.807) is 0 Å². The first-order valence-corrected chi connectivity index (χ1v) is 6.26. The molecule has 3 aliphatic rings. The summed E-state index contributed by atoms with van der Waals surface area (Å²) in [4.78, 5) is 0. The van der Waals surface area contributed by atoms with Crippen molar-refractivity contribution in [2.45, 2.75) is 35.3 Å². The maximum Gasteiger partial charge on any atom is 0.0877 e. The lowest BCUT2D eigenvalue weighted by Crippen LogP contribution is -2.07. The number of hydrogen-bond acceptors (Lipinski definition) is 0. The van der Waals surface area contributed by atoms with Crippen LogP contribution in [0.25, 0.3) is 0 Å². The summed E-state index contributed by atoms with van der Waals surface area (Å²) in [7, 11) is 0. The SMILES string of the molecule is BrC1(Br)CC12CC21C=CCCC1. The average Bonchev–Trinajstić information content (AvgIpc) is 2.76. The van der Waals surface area contributed by atoms with Crippen LogP contribution >= 0.6 is 31.9 Å². The van der Waals surface area contributed by atoms with E-state index in [1.807, 2.05) is 0 Å². The van der Waals surface area contributed by atoms with Gasteiger partial charge in [0.25, 0.3) is 0 Å². The highest BCUT2D eigenvalue weighted by molar-refractivity contribution is 9.25. The summed E-state index contributed by atoms with van der Waals surface area (Å²) in [6.07, 6.45) is 11.7. The van der Waals surface area contributed by atoms with E-state index in [0.717, 1.165) is 0 Å². The minimum atomic E-state index is 0.300. The summed E-state index contributed by atoms with van der Waals surface area (Å²) < 4.78 is 0.300. The Labute approximate surface area is 90.1 Å². The van der Waals surface area contributed by atoms with Gasteiger partial charge in [-0.25, -0.2) is 0 Å². The Morgan fingerprint density at radius 1 is 1.17 bits per heavy atom. The van der Waals surface area contributed by atoms with Crippen LogP contribution in [0.15, 0.2) is 12.2 Å². The van der Waals surface area contributed by atoms with Gasteiger partial charge >= 0.3 is 0 Å². The van der Waals surface area contributed by atoms with E-state index in [2.05, 4.69) is 44.0 Å². The van der Waals surface area contributed by atoms with Crippen LogP contribution in [0.4, 0.5) is 0 Å². The molecule has 0 bridgehead atoms. The molecule has 0 radical (unpaired) electrons. The maximum atomic E-state index is 3.76. The van der Waals surface area contributed by atoms with Crippen LogP contribution in [0.3, 0.4) is 0 Å². The van der Waals surface area contributed by atoms with Gasteiger partial charge in [0.15, 0.2) is 0 Å². The second kappa shape index (κ2) is 2.03. The minimum Gasteiger partial charge on any atom is -0.0880 e. The molecule has 2 fully saturated rings. The molecule has 0 saturated heterocycles. The number of alkyl halides is 2. The van der Waals surface area contributed by atoms with E-state index in [-0.39, 0.29) is 0 Å². The van der Waals surface area contributed by atoms with Crippen molar-refractivity contribution in [1.29, 1.82) is 0 Å². The lowest BCUT2D eigenvalue weighted by Gasteiger charge is -2.16. The lowest BCUT2D eigenvalue weighted by atomic mass is 9.90. The Morgan fingerprint density at radius 2 is 1.92 bits per heavy atom. The third kappa shape index (κ3) is 0.747. The average molecular weight is 292 g/mol. The molecule has 0 amide bonds. The third-order valence-corrected chi connectivity index (χ3v) is 6.05. The second-order valence-electron chi connectivity index (χ2n) is 4.59. The molecule has 2 heteroatoms. The van der Waals surface area contributed by atoms with Crippen LogP contribution in [0.1, 0.15) is 32.1 Å². The summed E-state index contributed by atoms with van der Waals surface area (Å²) in [5.74, 6) is 0. The van der Waals surface area contributed by atoms with E-state index in [0.29, 0.717) is 14.1 Å². The number of fused-ring (bicyclic) bond motifs is 1. The molecule has 0 N–H and O–H groups in total. The number of rotatable bonds is 0. The monoisotopic (exact) mass is 290 g/mol. The zero-order valence-electron chi connectivity index (χ0n) is 6.95. The van der Waals surface area contributed by atoms with Gasteiger partial charge in [-0.1, -0.05) is 44.0 Å². The van der Waals surface area contributed by atoms with Gasteiger partial charge in [-0.05, 0) is 37.5 Å². The quantitative estimate of drug-likeness (QED) is 0.468. The van der Waals surface area contributed by atoms with E-state index < -0.39 is 0 Å². The van der Waals surface area contributed by atoms with Crippen LogP contribution in [-0.2, 0) is 0 Å². The Hall–Kier alpha value is 0.700. The van der Waals surface area contributed by atoms with Crippen molar-refractivity contribution in [3.05, 3.63) is 12.2 Å². The zero-order chi connectivity index (χ0) is 8.45. The van der Waals surface area contributed by atoms with Crippen molar-refractivity contribution in [3.8, 4) is 0 Å². The fourth-order valence-electron chi connectivity index (χ4n) is 3.03. The number of hydrogen-bond donors (Lipinski definition) is 0. The van der Waals surface area contributed by atoms with Gasteiger partial charge in [-0.3, -0.25) is 0 Å². The van der Waals surface area contributed by atoms with Crippen LogP contribution in [-0.4, -0.2) is 3.23 Å². The van der Waals surface area contributed by atoms with Crippen LogP contribution in [0, 0.1) is 10.8 Å². The van der Waals surface area contributed by atoms with Crippen molar-refractivity contribution in [2.24, 2.45) is 10.8 Å². The highest BCUT2D eigenvalue weighted by Crippen LogP contribution is 2.90. The Morgan fingerprint density at radius 3 is 2.33 bits per heavy atom. The van der Waals surface area contributed by atoms with Crippen molar-refractivity contribution in [2.75, 3.05) is 0 Å². The second-order valence-corrected chi connectivity index (χ2v) is 8.36. The number of allylic oxidation sites excluding steroid dienone is 2. The van der Waals surface area contributed by atoms with Crippen molar-refractivity contribution < 1.29 is 0 Å². The molecule has 0 aliphatic heterocycles. The maximum absolute atomic E-state index is 3.76. The molecule has 2 saturated carbocycles. The first kappa shape index (κ1) is 8.05. The molecule has 3 aliphatic carbocycles. The standard InChI is InChI=1S/C10H12Br2/c11-10(12)7-9(10)6-8(9)4-2-1-3-5-8/h2,4H,1,3,5-7H2. The highest BCUT2D eigenvalue weighted by Gasteiger charge is 2.84. The fourth-order valence-corrected chi connectivity index (χ4v) is 5.06. The molecule has 66 valence electrons. The third-order valence-electron chi connectivity index (χ3n) is 3.97. The number of halogens is 2. The van der Waals surface area contributed by atoms with Crippen molar-refractivity contribution >= 4 is 31.9 Å². The topological polar surface area (TPSA) is 0 Å². The molecular formula is C10H12Br2. The van der Waals surface area contributed by atoms with E-state index >= 15 is 0 Å². The van der Waals surface area contributed by atoms with Crippen LogP contribution in [0.2, 0.25) is 0 Å². The van der Waals surface area contributed by atoms with Crippen LogP contribution < -0.4 is 0 Å². The largest absolute Gasteiger partial charge is 0.0880 e. The zero-order valence-corrected chi connectivity index (χ0v) is 10.1. The van der Waals surface area contributed by atoms with Gasteiger partial charge < -0.3 is 0 Å². The Balaban J connectivity index is 1.90. The molecule has 0 aromatic heterocycles. The molecule has 2 atom stereocenters. The fraction of sp³-hybridized carbons (Fsp3) is 0.800. The minimum absolute atomic E-state index is 0.300. The molecule has 12 heavy (non-hydrogen) atoms. The van der Waals surface area contributed by atoms with E-state index in [9.17, 15) is 0 Å². The van der Waals surface area contributed by atoms with Crippen molar-refractivity contribution in [3.63, 3.8) is 0 Å². The molecule has 0 aromatic rings. The Bertz CT molecular complexity index is 269. The molecule has 3 rings (SSSR count). The smallest absolute Gasteiger partial charge is 0.0877 e. The van der Waals surface area contributed by atoms with Gasteiger partial charge in [0.1, 0.15) is 0 Å². The molecule has 2 spiro atoms. The van der Waals surface area contributed by atoms with Gasteiger partial charge in [0.2, 0.25) is 0 Å². The normalized spacial score (nSPS) is 53.2. The van der Waals surface area contributed by atoms with Crippen LogP contribution in [0.5, 0.6) is 0 Å².